The van der Waals surface area contributed by atoms with Crippen molar-refractivity contribution < 1.29 is 19.1 Å². The zero-order valence-electron chi connectivity index (χ0n) is 13.2. The fourth-order valence-corrected chi connectivity index (χ4v) is 4.10. The molecule has 0 radical (unpaired) electrons. The predicted molar refractivity (Wildman–Crippen MR) is 88.0 cm³/mol. The lowest BCUT2D eigenvalue weighted by Gasteiger charge is -2.28. The molecule has 2 aromatic rings. The Morgan fingerprint density at radius 1 is 1.28 bits per heavy atom. The van der Waals surface area contributed by atoms with Crippen LogP contribution in [-0.4, -0.2) is 44.6 Å². The minimum Gasteiger partial charge on any atom is -0.548 e. The number of carbonyl (C=O) groups is 2. The monoisotopic (exact) mass is 360 g/mol. The van der Waals surface area contributed by atoms with Crippen LogP contribution in [0.1, 0.15) is 22.5 Å². The predicted octanol–water partition coefficient (Wildman–Crippen LogP) is 0.882. The molecule has 0 N–H and O–H groups in total. The fourth-order valence-electron chi connectivity index (χ4n) is 2.79. The largest absolute Gasteiger partial charge is 0.548 e. The molecule has 1 saturated heterocycles. The summed E-state index contributed by atoms with van der Waals surface area (Å²) >= 11 is 1.42. The summed E-state index contributed by atoms with van der Waals surface area (Å²) in [5, 5.41) is 11.3. The van der Waals surface area contributed by atoms with Crippen molar-refractivity contribution in [1.29, 1.82) is 0 Å². The van der Waals surface area contributed by atoms with Gasteiger partial charge in [0, 0.05) is 29.9 Å². The number of carbonyl (C=O) groups excluding carboxylic acids is 2. The number of thioether (sulfide) groups is 1. The van der Waals surface area contributed by atoms with Crippen molar-refractivity contribution in [2.75, 3.05) is 6.54 Å². The fraction of sp³-hybridized carbons (Fsp3) is 0.294. The number of nitrogens with zero attached hydrogens (tertiary/aromatic N) is 3. The maximum atomic E-state index is 12.9. The second-order valence-electron chi connectivity index (χ2n) is 5.62. The van der Waals surface area contributed by atoms with Gasteiger partial charge in [0.15, 0.2) is 0 Å². The minimum atomic E-state index is -1.29. The zero-order chi connectivity index (χ0) is 17.8. The molecule has 0 spiro atoms. The Kier molecular flexibility index (Phi) is 5.28. The van der Waals surface area contributed by atoms with Crippen LogP contribution in [0, 0.1) is 5.82 Å². The lowest BCUT2D eigenvalue weighted by Crippen LogP contribution is -2.50. The van der Waals surface area contributed by atoms with Crippen molar-refractivity contribution in [1.82, 2.24) is 14.9 Å². The molecule has 130 valence electrons. The topological polar surface area (TPSA) is 86.2 Å². The van der Waals surface area contributed by atoms with Crippen molar-refractivity contribution in [2.45, 2.75) is 23.5 Å². The van der Waals surface area contributed by atoms with Crippen molar-refractivity contribution in [2.24, 2.45) is 0 Å². The van der Waals surface area contributed by atoms with Gasteiger partial charge in [0.2, 0.25) is 0 Å². The van der Waals surface area contributed by atoms with Crippen LogP contribution < -0.4 is 5.11 Å². The minimum absolute atomic E-state index is 0.109. The van der Waals surface area contributed by atoms with E-state index < -0.39 is 17.9 Å². The number of rotatable bonds is 5. The number of benzene rings is 1. The lowest BCUT2D eigenvalue weighted by atomic mass is 10.2. The molecule has 25 heavy (non-hydrogen) atoms. The van der Waals surface area contributed by atoms with Gasteiger partial charge >= 0.3 is 0 Å². The Morgan fingerprint density at radius 2 is 2.04 bits per heavy atom. The number of aromatic nitrogens is 2. The molecule has 0 aliphatic carbocycles. The summed E-state index contributed by atoms with van der Waals surface area (Å²) in [4.78, 5) is 33.2. The van der Waals surface area contributed by atoms with Gasteiger partial charge in [-0.25, -0.2) is 9.37 Å². The van der Waals surface area contributed by atoms with Gasteiger partial charge in [-0.3, -0.25) is 9.78 Å². The van der Waals surface area contributed by atoms with Crippen LogP contribution in [0.25, 0.3) is 0 Å². The van der Waals surface area contributed by atoms with E-state index >= 15 is 0 Å². The summed E-state index contributed by atoms with van der Waals surface area (Å²) in [6.07, 6.45) is 4.68. The van der Waals surface area contributed by atoms with Crippen LogP contribution in [-0.2, 0) is 10.5 Å². The molecule has 8 heteroatoms. The van der Waals surface area contributed by atoms with Crippen LogP contribution in [0.5, 0.6) is 0 Å². The van der Waals surface area contributed by atoms with Crippen LogP contribution in [0.3, 0.4) is 0 Å². The van der Waals surface area contributed by atoms with E-state index in [0.29, 0.717) is 18.7 Å². The van der Waals surface area contributed by atoms with Crippen LogP contribution in [0.15, 0.2) is 42.9 Å². The number of hydrogen-bond donors (Lipinski definition) is 0. The Morgan fingerprint density at radius 3 is 2.68 bits per heavy atom. The first-order chi connectivity index (χ1) is 12.1. The number of amides is 1. The maximum absolute atomic E-state index is 12.9. The molecule has 0 bridgehead atoms. The molecule has 2 heterocycles. The molecule has 6 nitrogen and oxygen atoms in total. The van der Waals surface area contributed by atoms with Crippen molar-refractivity contribution in [3.05, 3.63) is 59.9 Å². The van der Waals surface area contributed by atoms with Crippen molar-refractivity contribution in [3.8, 4) is 0 Å². The number of carboxylic acid groups (broad SMARTS) is 1. The lowest BCUT2D eigenvalue weighted by molar-refractivity contribution is -0.310. The number of halogens is 1. The summed E-state index contributed by atoms with van der Waals surface area (Å²) in [7, 11) is 0. The van der Waals surface area contributed by atoms with Gasteiger partial charge in [-0.15, -0.1) is 0 Å². The Balaban J connectivity index is 1.70. The molecule has 1 amide bonds. The molecule has 1 fully saturated rings. The summed E-state index contributed by atoms with van der Waals surface area (Å²) in [6, 6.07) is 5.02. The van der Waals surface area contributed by atoms with E-state index in [-0.39, 0.29) is 16.8 Å². The molecular formula is C17H15FN3O3S-. The standard InChI is InChI=1S/C17H16FN3O3S/c18-12-3-1-11(2-4-12)10-25-14-5-8-21(15(14)17(23)24)16(22)13-9-19-6-7-20-13/h1-4,6-7,9,14-15H,5,8,10H2,(H,23,24)/p-1/t14-,15-/m0/s1. The van der Waals surface area contributed by atoms with E-state index in [9.17, 15) is 19.1 Å². The second-order valence-corrected chi connectivity index (χ2v) is 6.85. The van der Waals surface area contributed by atoms with Gasteiger partial charge in [0.05, 0.1) is 18.2 Å². The molecule has 1 aromatic heterocycles. The quantitative estimate of drug-likeness (QED) is 0.787. The molecule has 1 aromatic carbocycles. The van der Waals surface area contributed by atoms with E-state index in [2.05, 4.69) is 9.97 Å². The Labute approximate surface area is 148 Å². The van der Waals surface area contributed by atoms with Gasteiger partial charge in [-0.2, -0.15) is 11.8 Å². The first-order valence-electron chi connectivity index (χ1n) is 7.70. The van der Waals surface area contributed by atoms with Crippen molar-refractivity contribution in [3.63, 3.8) is 0 Å². The highest BCUT2D eigenvalue weighted by molar-refractivity contribution is 7.99. The smallest absolute Gasteiger partial charge is 0.274 e. The second kappa shape index (κ2) is 7.60. The van der Waals surface area contributed by atoms with Crippen LogP contribution in [0.2, 0.25) is 0 Å². The number of aliphatic carboxylic acids is 1. The molecule has 0 saturated carbocycles. The van der Waals surface area contributed by atoms with E-state index in [0.717, 1.165) is 5.56 Å². The third-order valence-electron chi connectivity index (χ3n) is 4.00. The van der Waals surface area contributed by atoms with Gasteiger partial charge in [-0.05, 0) is 24.1 Å². The number of carboxylic acids is 1. The first kappa shape index (κ1) is 17.3. The van der Waals surface area contributed by atoms with E-state index in [1.54, 1.807) is 12.1 Å². The number of likely N-dealkylation sites (tertiary alicyclic amines) is 1. The third kappa shape index (κ3) is 3.96. The van der Waals surface area contributed by atoms with Gasteiger partial charge in [0.1, 0.15) is 11.5 Å². The summed E-state index contributed by atoms with van der Waals surface area (Å²) in [6.45, 7) is 0.315. The van der Waals surface area contributed by atoms with E-state index in [1.807, 2.05) is 0 Å². The van der Waals surface area contributed by atoms with Crippen LogP contribution >= 0.6 is 11.8 Å². The normalized spacial score (nSPS) is 19.8. The van der Waals surface area contributed by atoms with Gasteiger partial charge in [0.25, 0.3) is 5.91 Å². The maximum Gasteiger partial charge on any atom is 0.274 e. The van der Waals surface area contributed by atoms with E-state index in [4.69, 9.17) is 0 Å². The highest BCUT2D eigenvalue weighted by atomic mass is 32.2. The molecule has 0 unspecified atom stereocenters. The zero-order valence-corrected chi connectivity index (χ0v) is 14.0. The number of hydrogen-bond acceptors (Lipinski definition) is 6. The summed E-state index contributed by atoms with van der Waals surface area (Å²) < 4.78 is 12.9. The van der Waals surface area contributed by atoms with Gasteiger partial charge < -0.3 is 14.8 Å². The average molecular weight is 360 g/mol. The molecular weight excluding hydrogens is 345 g/mol. The van der Waals surface area contributed by atoms with Crippen LogP contribution in [0.4, 0.5) is 4.39 Å². The first-order valence-corrected chi connectivity index (χ1v) is 8.75. The van der Waals surface area contributed by atoms with E-state index in [1.165, 1.54) is 47.4 Å². The third-order valence-corrected chi connectivity index (χ3v) is 5.43. The molecule has 2 atom stereocenters. The summed E-state index contributed by atoms with van der Waals surface area (Å²) in [5.74, 6) is -1.54. The Hall–Kier alpha value is -2.48. The highest BCUT2D eigenvalue weighted by Crippen LogP contribution is 2.32. The SMILES string of the molecule is O=C([O-])[C@@H]1[C@@H](SCc2ccc(F)cc2)CCN1C(=O)c1cnccn1. The van der Waals surface area contributed by atoms with Crippen molar-refractivity contribution >= 4 is 23.6 Å². The Bertz CT molecular complexity index is 757. The highest BCUT2D eigenvalue weighted by Gasteiger charge is 2.39. The summed E-state index contributed by atoms with van der Waals surface area (Å²) in [5.41, 5.74) is 1.00. The van der Waals surface area contributed by atoms with Gasteiger partial charge in [-0.1, -0.05) is 12.1 Å². The average Bonchev–Trinajstić information content (AvgIpc) is 3.05. The molecule has 1 aliphatic heterocycles. The molecule has 3 rings (SSSR count). The molecule has 1 aliphatic rings.